The topological polar surface area (TPSA) is 76.4 Å². The summed E-state index contributed by atoms with van der Waals surface area (Å²) in [6.07, 6.45) is 7.76. The molecule has 0 bridgehead atoms. The van der Waals surface area contributed by atoms with Crippen LogP contribution in [-0.2, 0) is 6.54 Å². The third-order valence-electron chi connectivity index (χ3n) is 2.47. The van der Waals surface area contributed by atoms with E-state index in [1.165, 1.54) is 0 Å². The zero-order chi connectivity index (χ0) is 16.1. The molecule has 0 amide bonds. The molecule has 4 heteroatoms. The number of hydrazone groups is 1. The highest BCUT2D eigenvalue weighted by Gasteiger charge is 1.98. The van der Waals surface area contributed by atoms with Gasteiger partial charge in [0.2, 0.25) is 5.96 Å². The van der Waals surface area contributed by atoms with E-state index in [0.717, 1.165) is 16.7 Å². The van der Waals surface area contributed by atoms with Gasteiger partial charge in [-0.3, -0.25) is 0 Å². The van der Waals surface area contributed by atoms with Crippen LogP contribution in [0.1, 0.15) is 31.9 Å². The molecule has 0 unspecified atom stereocenters. The van der Waals surface area contributed by atoms with Crippen molar-refractivity contribution in [3.8, 4) is 0 Å². The first kappa shape index (κ1) is 18.5. The van der Waals surface area contributed by atoms with Gasteiger partial charge in [-0.15, -0.1) is 5.10 Å². The number of nitrogens with zero attached hydrogens (tertiary/aromatic N) is 1. The fourth-order valence-corrected chi connectivity index (χ4v) is 1.61. The SMILES string of the molecule is C=C/C=C\C(=C/C)c1cccc(CNN=C(N)N)c1.CC. The van der Waals surface area contributed by atoms with Crippen LogP contribution in [0.2, 0.25) is 0 Å². The summed E-state index contributed by atoms with van der Waals surface area (Å²) in [5.41, 5.74) is 16.7. The third-order valence-corrected chi connectivity index (χ3v) is 2.47. The van der Waals surface area contributed by atoms with E-state index >= 15 is 0 Å². The van der Waals surface area contributed by atoms with Crippen molar-refractivity contribution in [2.24, 2.45) is 16.6 Å². The molecule has 114 valence electrons. The quantitative estimate of drug-likeness (QED) is 0.325. The van der Waals surface area contributed by atoms with Crippen LogP contribution >= 0.6 is 0 Å². The highest BCUT2D eigenvalue weighted by atomic mass is 15.3. The predicted molar refractivity (Wildman–Crippen MR) is 93.4 cm³/mol. The molecular weight excluding hydrogens is 260 g/mol. The first-order valence-electron chi connectivity index (χ1n) is 7.03. The largest absolute Gasteiger partial charge is 0.369 e. The minimum atomic E-state index is 0.0270. The number of rotatable bonds is 6. The number of nitrogens with one attached hydrogen (secondary N) is 1. The third kappa shape index (κ3) is 7.62. The van der Waals surface area contributed by atoms with Crippen molar-refractivity contribution in [1.29, 1.82) is 0 Å². The Morgan fingerprint density at radius 2 is 2.05 bits per heavy atom. The van der Waals surface area contributed by atoms with Crippen molar-refractivity contribution in [3.63, 3.8) is 0 Å². The lowest BCUT2D eigenvalue weighted by Crippen LogP contribution is -2.26. The normalized spacial score (nSPS) is 10.5. The molecule has 0 radical (unpaired) electrons. The molecule has 0 aliphatic heterocycles. The van der Waals surface area contributed by atoms with Gasteiger partial charge in [-0.05, 0) is 29.7 Å². The van der Waals surface area contributed by atoms with E-state index in [2.05, 4.69) is 35.3 Å². The van der Waals surface area contributed by atoms with Gasteiger partial charge < -0.3 is 16.9 Å². The lowest BCUT2D eigenvalue weighted by atomic mass is 10.0. The number of hydrogen-bond acceptors (Lipinski definition) is 2. The van der Waals surface area contributed by atoms with Gasteiger partial charge in [-0.2, -0.15) is 0 Å². The van der Waals surface area contributed by atoms with Crippen LogP contribution in [0, 0.1) is 0 Å². The molecule has 21 heavy (non-hydrogen) atoms. The highest BCUT2D eigenvalue weighted by molar-refractivity contribution is 5.75. The molecule has 0 aliphatic rings. The van der Waals surface area contributed by atoms with Crippen LogP contribution in [0.25, 0.3) is 5.57 Å². The first-order valence-corrected chi connectivity index (χ1v) is 7.03. The molecule has 1 aromatic rings. The summed E-state index contributed by atoms with van der Waals surface area (Å²) < 4.78 is 0. The van der Waals surface area contributed by atoms with Crippen molar-refractivity contribution in [2.45, 2.75) is 27.3 Å². The Morgan fingerprint density at radius 3 is 2.62 bits per heavy atom. The van der Waals surface area contributed by atoms with E-state index in [-0.39, 0.29) is 5.96 Å². The maximum Gasteiger partial charge on any atom is 0.208 e. The van der Waals surface area contributed by atoms with E-state index in [9.17, 15) is 0 Å². The zero-order valence-electron chi connectivity index (χ0n) is 13.1. The predicted octanol–water partition coefficient (Wildman–Crippen LogP) is 3.14. The molecule has 1 rings (SSSR count). The maximum atomic E-state index is 5.25. The van der Waals surface area contributed by atoms with E-state index in [0.29, 0.717) is 6.54 Å². The van der Waals surface area contributed by atoms with Crippen LogP contribution in [0.4, 0.5) is 0 Å². The molecule has 0 heterocycles. The number of allylic oxidation sites excluding steroid dienone is 5. The second-order valence-electron chi connectivity index (χ2n) is 3.91. The Morgan fingerprint density at radius 1 is 1.33 bits per heavy atom. The summed E-state index contributed by atoms with van der Waals surface area (Å²) in [5.74, 6) is 0.0270. The van der Waals surface area contributed by atoms with E-state index in [1.54, 1.807) is 6.08 Å². The summed E-state index contributed by atoms with van der Waals surface area (Å²) in [7, 11) is 0. The van der Waals surface area contributed by atoms with Gasteiger partial charge in [0.25, 0.3) is 0 Å². The highest BCUT2D eigenvalue weighted by Crippen LogP contribution is 2.17. The van der Waals surface area contributed by atoms with Crippen LogP contribution in [0.15, 0.2) is 60.2 Å². The number of guanidine groups is 1. The standard InChI is InChI=1S/C15H20N4.C2H6/c1-3-5-8-13(4-2)14-9-6-7-12(10-14)11-18-19-15(16)17;1-2/h3-10,18H,1,11H2,2H3,(H4,16,17,19);1-2H3/b8-5-,13-4+;. The van der Waals surface area contributed by atoms with Crippen LogP contribution in [0.5, 0.6) is 0 Å². The molecule has 5 N–H and O–H groups in total. The van der Waals surface area contributed by atoms with Gasteiger partial charge in [0.15, 0.2) is 0 Å². The molecule has 0 aliphatic carbocycles. The van der Waals surface area contributed by atoms with E-state index in [4.69, 9.17) is 11.5 Å². The maximum absolute atomic E-state index is 5.25. The zero-order valence-corrected chi connectivity index (χ0v) is 13.1. The number of nitrogens with two attached hydrogens (primary N) is 2. The fourth-order valence-electron chi connectivity index (χ4n) is 1.61. The lowest BCUT2D eigenvalue weighted by Gasteiger charge is -2.06. The van der Waals surface area contributed by atoms with Gasteiger partial charge in [-0.25, -0.2) is 0 Å². The summed E-state index contributed by atoms with van der Waals surface area (Å²) in [6, 6.07) is 8.18. The minimum Gasteiger partial charge on any atom is -0.369 e. The first-order chi connectivity index (χ1) is 10.2. The lowest BCUT2D eigenvalue weighted by molar-refractivity contribution is 0.741. The Kier molecular flexibility index (Phi) is 10.0. The molecule has 1 aromatic carbocycles. The van der Waals surface area contributed by atoms with Gasteiger partial charge in [0.1, 0.15) is 0 Å². The van der Waals surface area contributed by atoms with Crippen molar-refractivity contribution >= 4 is 11.5 Å². The second kappa shape index (κ2) is 11.3. The van der Waals surface area contributed by atoms with Crippen LogP contribution in [0.3, 0.4) is 0 Å². The van der Waals surface area contributed by atoms with E-state index in [1.807, 2.05) is 45.1 Å². The fraction of sp³-hybridized carbons (Fsp3) is 0.235. The van der Waals surface area contributed by atoms with Crippen molar-refractivity contribution in [1.82, 2.24) is 5.43 Å². The number of benzene rings is 1. The average molecular weight is 286 g/mol. The minimum absolute atomic E-state index is 0.0270. The summed E-state index contributed by atoms with van der Waals surface area (Å²) in [4.78, 5) is 0. The summed E-state index contributed by atoms with van der Waals surface area (Å²) >= 11 is 0. The van der Waals surface area contributed by atoms with Crippen LogP contribution < -0.4 is 16.9 Å². The molecule has 0 fully saturated rings. The Bertz CT molecular complexity index is 509. The average Bonchev–Trinajstić information content (AvgIpc) is 2.50. The van der Waals surface area contributed by atoms with Gasteiger partial charge in [0, 0.05) is 0 Å². The molecular formula is C17H26N4. The summed E-state index contributed by atoms with van der Waals surface area (Å²) in [5, 5.41) is 3.74. The molecule has 0 aromatic heterocycles. The molecule has 0 spiro atoms. The van der Waals surface area contributed by atoms with Crippen molar-refractivity contribution < 1.29 is 0 Å². The van der Waals surface area contributed by atoms with Gasteiger partial charge in [-0.1, -0.05) is 62.9 Å². The molecule has 0 saturated heterocycles. The van der Waals surface area contributed by atoms with Crippen molar-refractivity contribution in [2.75, 3.05) is 0 Å². The number of hydrogen-bond donors (Lipinski definition) is 3. The van der Waals surface area contributed by atoms with Gasteiger partial charge in [0.05, 0.1) is 6.54 Å². The smallest absolute Gasteiger partial charge is 0.208 e. The second-order valence-corrected chi connectivity index (χ2v) is 3.91. The monoisotopic (exact) mass is 286 g/mol. The Hall–Kier alpha value is -2.49. The Balaban J connectivity index is 0.00000191. The summed E-state index contributed by atoms with van der Waals surface area (Å²) in [6.45, 7) is 10.3. The van der Waals surface area contributed by atoms with Crippen LogP contribution in [-0.4, -0.2) is 5.96 Å². The molecule has 0 atom stereocenters. The Labute approximate surface area is 127 Å². The van der Waals surface area contributed by atoms with E-state index < -0.39 is 0 Å². The van der Waals surface area contributed by atoms with Crippen molar-refractivity contribution in [3.05, 3.63) is 66.3 Å². The van der Waals surface area contributed by atoms with Gasteiger partial charge >= 0.3 is 0 Å². The molecule has 0 saturated carbocycles. The molecule has 4 nitrogen and oxygen atoms in total.